The lowest BCUT2D eigenvalue weighted by molar-refractivity contribution is 0.0137. The van der Waals surface area contributed by atoms with Crippen molar-refractivity contribution in [3.8, 4) is 5.75 Å². The Labute approximate surface area is 135 Å². The van der Waals surface area contributed by atoms with Gasteiger partial charge >= 0.3 is 0 Å². The van der Waals surface area contributed by atoms with Gasteiger partial charge in [-0.25, -0.2) is 0 Å². The zero-order valence-corrected chi connectivity index (χ0v) is 14.6. The van der Waals surface area contributed by atoms with Gasteiger partial charge in [0.15, 0.2) is 0 Å². The second-order valence-corrected chi connectivity index (χ2v) is 7.33. The Morgan fingerprint density at radius 3 is 2.50 bits per heavy atom. The third-order valence-electron chi connectivity index (χ3n) is 4.53. The molecule has 0 bridgehead atoms. The second kappa shape index (κ2) is 7.47. The molecule has 1 aliphatic rings. The maximum Gasteiger partial charge on any atom is 0.119 e. The summed E-state index contributed by atoms with van der Waals surface area (Å²) in [7, 11) is 0. The van der Waals surface area contributed by atoms with Crippen molar-refractivity contribution in [2.45, 2.75) is 58.4 Å². The molecule has 0 saturated carbocycles. The van der Waals surface area contributed by atoms with Crippen LogP contribution in [0.5, 0.6) is 5.75 Å². The Morgan fingerprint density at radius 2 is 1.91 bits per heavy atom. The van der Waals surface area contributed by atoms with Gasteiger partial charge in [-0.3, -0.25) is 4.90 Å². The highest BCUT2D eigenvalue weighted by molar-refractivity contribution is 5.41. The molecule has 124 valence electrons. The fourth-order valence-corrected chi connectivity index (χ4v) is 3.21. The van der Waals surface area contributed by atoms with Crippen LogP contribution in [0.25, 0.3) is 0 Å². The van der Waals surface area contributed by atoms with Crippen molar-refractivity contribution in [1.82, 2.24) is 4.90 Å². The average molecular weight is 305 g/mol. The van der Waals surface area contributed by atoms with Crippen LogP contribution in [0.3, 0.4) is 0 Å². The van der Waals surface area contributed by atoms with Crippen LogP contribution in [0.1, 0.15) is 64.1 Å². The molecule has 1 heterocycles. The van der Waals surface area contributed by atoms with Gasteiger partial charge < -0.3 is 9.84 Å². The summed E-state index contributed by atoms with van der Waals surface area (Å²) in [6.07, 6.45) is 3.61. The number of ether oxygens (including phenoxy) is 1. The lowest BCUT2D eigenvalue weighted by Crippen LogP contribution is -2.39. The van der Waals surface area contributed by atoms with Crippen LogP contribution < -0.4 is 0 Å². The average Bonchev–Trinajstić information content (AvgIpc) is 2.49. The van der Waals surface area contributed by atoms with E-state index in [2.05, 4.69) is 44.7 Å². The molecule has 22 heavy (non-hydrogen) atoms. The highest BCUT2D eigenvalue weighted by Gasteiger charge is 2.25. The van der Waals surface area contributed by atoms with Crippen LogP contribution in [-0.2, 0) is 10.2 Å². The number of morpholine rings is 1. The summed E-state index contributed by atoms with van der Waals surface area (Å²) in [5, 5.41) is 10.2. The minimum absolute atomic E-state index is 0.0413. The van der Waals surface area contributed by atoms with Crippen molar-refractivity contribution in [3.63, 3.8) is 0 Å². The van der Waals surface area contributed by atoms with E-state index in [0.717, 1.165) is 31.9 Å². The van der Waals surface area contributed by atoms with E-state index >= 15 is 0 Å². The molecule has 0 amide bonds. The summed E-state index contributed by atoms with van der Waals surface area (Å²) in [4.78, 5) is 2.54. The summed E-state index contributed by atoms with van der Waals surface area (Å²) in [5.74, 6) is 0.410. The molecular formula is C19H31NO2. The number of hydrogen-bond donors (Lipinski definition) is 1. The number of benzene rings is 1. The lowest BCUT2D eigenvalue weighted by atomic mass is 9.84. The van der Waals surface area contributed by atoms with Crippen molar-refractivity contribution >= 4 is 0 Å². The summed E-state index contributed by atoms with van der Waals surface area (Å²) >= 11 is 0. The minimum atomic E-state index is -0.0413. The normalized spacial score (nSPS) is 18.4. The Morgan fingerprint density at radius 1 is 1.23 bits per heavy atom. The van der Waals surface area contributed by atoms with Crippen LogP contribution in [0, 0.1) is 0 Å². The fourth-order valence-electron chi connectivity index (χ4n) is 3.21. The Hall–Kier alpha value is -1.06. The third kappa shape index (κ3) is 4.23. The Balaban J connectivity index is 2.30. The molecule has 1 atom stereocenters. The number of unbranched alkanes of at least 4 members (excludes halogenated alkanes) is 1. The van der Waals surface area contributed by atoms with Gasteiger partial charge in [0.1, 0.15) is 5.75 Å². The predicted octanol–water partition coefficient (Wildman–Crippen LogP) is 4.25. The van der Waals surface area contributed by atoms with E-state index in [1.807, 2.05) is 6.07 Å². The molecule has 1 unspecified atom stereocenters. The molecule has 1 N–H and O–H groups in total. The van der Waals surface area contributed by atoms with E-state index < -0.39 is 0 Å². The maximum atomic E-state index is 10.2. The summed E-state index contributed by atoms with van der Waals surface area (Å²) in [6.45, 7) is 12.4. The van der Waals surface area contributed by atoms with Crippen LogP contribution in [0.4, 0.5) is 0 Å². The fraction of sp³-hybridized carbons (Fsp3) is 0.684. The summed E-state index contributed by atoms with van der Waals surface area (Å²) in [6, 6.07) is 6.62. The van der Waals surface area contributed by atoms with Gasteiger partial charge in [0.25, 0.3) is 0 Å². The van der Waals surface area contributed by atoms with Gasteiger partial charge in [0, 0.05) is 19.1 Å². The molecule has 2 rings (SSSR count). The van der Waals surface area contributed by atoms with E-state index in [0.29, 0.717) is 11.8 Å². The van der Waals surface area contributed by atoms with E-state index in [9.17, 15) is 5.11 Å². The van der Waals surface area contributed by atoms with E-state index in [1.165, 1.54) is 24.8 Å². The first kappa shape index (κ1) is 17.3. The number of phenolic OH excluding ortho intramolecular Hbond substituents is 1. The number of phenols is 1. The van der Waals surface area contributed by atoms with Crippen molar-refractivity contribution < 1.29 is 9.84 Å². The van der Waals surface area contributed by atoms with Crippen molar-refractivity contribution in [3.05, 3.63) is 29.3 Å². The van der Waals surface area contributed by atoms with E-state index in [-0.39, 0.29) is 5.41 Å². The highest BCUT2D eigenvalue weighted by Crippen LogP contribution is 2.35. The van der Waals surface area contributed by atoms with Gasteiger partial charge in [-0.05, 0) is 29.0 Å². The standard InChI is InChI=1S/C19H31NO2/c1-5-6-7-17(20-10-12-22-13-11-20)15-8-9-18(21)16(14-15)19(2,3)4/h8-9,14,17,21H,5-7,10-13H2,1-4H3. The topological polar surface area (TPSA) is 32.7 Å². The van der Waals surface area contributed by atoms with Crippen LogP contribution in [0.2, 0.25) is 0 Å². The quantitative estimate of drug-likeness (QED) is 0.882. The maximum absolute atomic E-state index is 10.2. The molecule has 1 aromatic carbocycles. The largest absolute Gasteiger partial charge is 0.508 e. The van der Waals surface area contributed by atoms with Crippen molar-refractivity contribution in [1.29, 1.82) is 0 Å². The van der Waals surface area contributed by atoms with Crippen LogP contribution >= 0.6 is 0 Å². The van der Waals surface area contributed by atoms with Crippen molar-refractivity contribution in [2.75, 3.05) is 26.3 Å². The molecule has 1 aromatic rings. The monoisotopic (exact) mass is 305 g/mol. The SMILES string of the molecule is CCCCC(c1ccc(O)c(C(C)(C)C)c1)N1CCOCC1. The zero-order chi connectivity index (χ0) is 16.2. The Kier molecular flexibility index (Phi) is 5.87. The molecule has 3 nitrogen and oxygen atoms in total. The van der Waals surface area contributed by atoms with Gasteiger partial charge in [-0.1, -0.05) is 52.7 Å². The number of hydrogen-bond acceptors (Lipinski definition) is 3. The van der Waals surface area contributed by atoms with Gasteiger partial charge in [0.2, 0.25) is 0 Å². The van der Waals surface area contributed by atoms with Gasteiger partial charge in [-0.2, -0.15) is 0 Å². The number of nitrogens with zero attached hydrogens (tertiary/aromatic N) is 1. The molecule has 1 aliphatic heterocycles. The summed E-state index contributed by atoms with van der Waals surface area (Å²) in [5.41, 5.74) is 2.33. The first-order valence-corrected chi connectivity index (χ1v) is 8.58. The second-order valence-electron chi connectivity index (χ2n) is 7.33. The van der Waals surface area contributed by atoms with Crippen LogP contribution in [-0.4, -0.2) is 36.3 Å². The van der Waals surface area contributed by atoms with Gasteiger partial charge in [-0.15, -0.1) is 0 Å². The highest BCUT2D eigenvalue weighted by atomic mass is 16.5. The van der Waals surface area contributed by atoms with Gasteiger partial charge in [0.05, 0.1) is 13.2 Å². The minimum Gasteiger partial charge on any atom is -0.508 e. The Bertz CT molecular complexity index is 473. The molecule has 0 radical (unpaired) electrons. The number of rotatable bonds is 5. The predicted molar refractivity (Wildman–Crippen MR) is 91.5 cm³/mol. The van der Waals surface area contributed by atoms with E-state index in [1.54, 1.807) is 0 Å². The molecule has 0 spiro atoms. The summed E-state index contributed by atoms with van der Waals surface area (Å²) < 4.78 is 5.51. The van der Waals surface area contributed by atoms with E-state index in [4.69, 9.17) is 4.74 Å². The molecular weight excluding hydrogens is 274 g/mol. The first-order valence-electron chi connectivity index (χ1n) is 8.58. The molecule has 3 heteroatoms. The third-order valence-corrected chi connectivity index (χ3v) is 4.53. The molecule has 0 aliphatic carbocycles. The zero-order valence-electron chi connectivity index (χ0n) is 14.6. The molecule has 0 aromatic heterocycles. The smallest absolute Gasteiger partial charge is 0.119 e. The molecule has 1 fully saturated rings. The van der Waals surface area contributed by atoms with Crippen LogP contribution in [0.15, 0.2) is 18.2 Å². The number of aromatic hydroxyl groups is 1. The van der Waals surface area contributed by atoms with Crippen molar-refractivity contribution in [2.24, 2.45) is 0 Å². The lowest BCUT2D eigenvalue weighted by Gasteiger charge is -2.35. The molecule has 1 saturated heterocycles. The first-order chi connectivity index (χ1) is 10.4.